The average Bonchev–Trinajstić information content (AvgIpc) is 3.32. The van der Waals surface area contributed by atoms with Crippen LogP contribution in [0.4, 0.5) is 5.82 Å². The van der Waals surface area contributed by atoms with Gasteiger partial charge in [-0.15, -0.1) is 21.5 Å². The number of pyridine rings is 2. The molecule has 4 rings (SSSR count). The maximum absolute atomic E-state index is 12.7. The number of hydrogen-bond donors (Lipinski definition) is 2. The maximum atomic E-state index is 12.7. The molecule has 0 saturated carbocycles. The van der Waals surface area contributed by atoms with Crippen LogP contribution < -0.4 is 11.1 Å². The summed E-state index contributed by atoms with van der Waals surface area (Å²) in [6.07, 6.45) is 2.38. The Kier molecular flexibility index (Phi) is 5.45. The molecule has 0 aliphatic carbocycles. The number of primary amides is 1. The summed E-state index contributed by atoms with van der Waals surface area (Å²) in [7, 11) is 1.83. The monoisotopic (exact) mass is 436 g/mol. The predicted octanol–water partition coefficient (Wildman–Crippen LogP) is 4.36. The van der Waals surface area contributed by atoms with E-state index in [1.165, 1.54) is 11.3 Å². The van der Waals surface area contributed by atoms with Gasteiger partial charge in [-0.05, 0) is 36.8 Å². The lowest BCUT2D eigenvalue weighted by Crippen LogP contribution is -2.19. The predicted molar refractivity (Wildman–Crippen MR) is 122 cm³/mol. The normalized spacial score (nSPS) is 11.4. The Morgan fingerprint density at radius 1 is 1.26 bits per heavy atom. The van der Waals surface area contributed by atoms with Gasteiger partial charge in [0.2, 0.25) is 11.8 Å². The highest BCUT2D eigenvalue weighted by molar-refractivity contribution is 7.22. The lowest BCUT2D eigenvalue weighted by atomic mass is 9.93. The summed E-state index contributed by atoms with van der Waals surface area (Å²) in [5, 5.41) is 12.3. The molecule has 3 N–H and O–H groups in total. The quantitative estimate of drug-likeness (QED) is 0.460. The van der Waals surface area contributed by atoms with Crippen molar-refractivity contribution in [2.24, 2.45) is 11.7 Å². The Balaban J connectivity index is 2.11. The summed E-state index contributed by atoms with van der Waals surface area (Å²) in [4.78, 5) is 22.7. The maximum Gasteiger partial charge on any atom is 0.251 e. The van der Waals surface area contributed by atoms with Crippen LogP contribution >= 0.6 is 11.3 Å². The third-order valence-electron chi connectivity index (χ3n) is 4.96. The molecule has 0 saturated heterocycles. The van der Waals surface area contributed by atoms with Crippen LogP contribution in [0.25, 0.3) is 32.0 Å². The molecule has 160 valence electrons. The van der Waals surface area contributed by atoms with Crippen LogP contribution in [0, 0.1) is 19.8 Å². The standard InChI is InChI=1S/C22H24N6O2S/c1-10(2)8-14-17(20(23)29)18(16(11(3)26-14)22-28-27-12(4)30-22)15-9-13-6-7-25-21(24-5)19(13)31-15/h6-7,9-10H,8H2,1-5H3,(H2,23,29)(H,24,25). The van der Waals surface area contributed by atoms with E-state index in [1.807, 2.05) is 26.1 Å². The Morgan fingerprint density at radius 3 is 2.65 bits per heavy atom. The molecule has 0 radical (unpaired) electrons. The van der Waals surface area contributed by atoms with Crippen LogP contribution in [0.2, 0.25) is 0 Å². The first-order chi connectivity index (χ1) is 14.8. The number of thiophene rings is 1. The smallest absolute Gasteiger partial charge is 0.251 e. The molecule has 4 aromatic rings. The third kappa shape index (κ3) is 3.76. The first-order valence-electron chi connectivity index (χ1n) is 10.0. The highest BCUT2D eigenvalue weighted by Crippen LogP contribution is 2.44. The number of carbonyl (C=O) groups excluding carboxylic acids is 1. The number of anilines is 1. The van der Waals surface area contributed by atoms with E-state index in [-0.39, 0.29) is 0 Å². The largest absolute Gasteiger partial charge is 0.421 e. The number of nitrogens with one attached hydrogen (secondary N) is 1. The van der Waals surface area contributed by atoms with Crippen molar-refractivity contribution in [2.45, 2.75) is 34.1 Å². The van der Waals surface area contributed by atoms with E-state index >= 15 is 0 Å². The molecule has 0 aliphatic rings. The minimum absolute atomic E-state index is 0.303. The minimum Gasteiger partial charge on any atom is -0.421 e. The highest BCUT2D eigenvalue weighted by Gasteiger charge is 2.28. The van der Waals surface area contributed by atoms with Crippen LogP contribution in [0.15, 0.2) is 22.7 Å². The molecule has 0 atom stereocenters. The van der Waals surface area contributed by atoms with Crippen LogP contribution in [0.5, 0.6) is 0 Å². The molecule has 0 aromatic carbocycles. The van der Waals surface area contributed by atoms with Gasteiger partial charge < -0.3 is 15.5 Å². The molecule has 9 heteroatoms. The Morgan fingerprint density at radius 2 is 2.03 bits per heavy atom. The summed E-state index contributed by atoms with van der Waals surface area (Å²) in [5.41, 5.74) is 9.02. The van der Waals surface area contributed by atoms with Crippen molar-refractivity contribution >= 4 is 33.1 Å². The zero-order valence-corrected chi connectivity index (χ0v) is 18.9. The molecule has 0 bridgehead atoms. The first-order valence-corrected chi connectivity index (χ1v) is 10.8. The van der Waals surface area contributed by atoms with Crippen LogP contribution in [-0.4, -0.2) is 33.1 Å². The Hall–Kier alpha value is -3.33. The molecule has 31 heavy (non-hydrogen) atoms. The van der Waals surface area contributed by atoms with Gasteiger partial charge in [-0.25, -0.2) is 4.98 Å². The van der Waals surface area contributed by atoms with Gasteiger partial charge in [0.05, 0.1) is 27.2 Å². The number of aryl methyl sites for hydroxylation is 2. The molecule has 1 amide bonds. The Bertz CT molecular complexity index is 1290. The fraction of sp³-hybridized carbons (Fsp3) is 0.318. The number of carbonyl (C=O) groups is 1. The van der Waals surface area contributed by atoms with E-state index in [0.717, 1.165) is 20.8 Å². The van der Waals surface area contributed by atoms with Crippen molar-refractivity contribution in [3.05, 3.63) is 41.2 Å². The SMILES string of the molecule is CNc1nccc2cc(-c3c(C(N)=O)c(CC(C)C)nc(C)c3-c3nnc(C)o3)sc12. The molecule has 0 aliphatic heterocycles. The molecule has 0 unspecified atom stereocenters. The van der Waals surface area contributed by atoms with Crippen molar-refractivity contribution in [3.8, 4) is 21.9 Å². The number of rotatable bonds is 6. The first kappa shape index (κ1) is 20.9. The van der Waals surface area contributed by atoms with Gasteiger partial charge in [-0.1, -0.05) is 13.8 Å². The zero-order chi connectivity index (χ0) is 22.3. The number of aromatic nitrogens is 4. The summed E-state index contributed by atoms with van der Waals surface area (Å²) in [5.74, 6) is 1.31. The van der Waals surface area contributed by atoms with Gasteiger partial charge in [0, 0.05) is 30.6 Å². The lowest BCUT2D eigenvalue weighted by Gasteiger charge is -2.17. The molecule has 4 aromatic heterocycles. The van der Waals surface area contributed by atoms with Crippen molar-refractivity contribution in [1.29, 1.82) is 0 Å². The van der Waals surface area contributed by atoms with Crippen LogP contribution in [-0.2, 0) is 6.42 Å². The van der Waals surface area contributed by atoms with Crippen LogP contribution in [0.1, 0.15) is 41.5 Å². The summed E-state index contributed by atoms with van der Waals surface area (Å²) in [6.45, 7) is 7.79. The average molecular weight is 437 g/mol. The van der Waals surface area contributed by atoms with E-state index in [4.69, 9.17) is 15.1 Å². The van der Waals surface area contributed by atoms with E-state index in [1.54, 1.807) is 13.1 Å². The molecular formula is C22H24N6O2S. The van der Waals surface area contributed by atoms with E-state index < -0.39 is 5.91 Å². The fourth-order valence-corrected chi connectivity index (χ4v) is 4.94. The number of amides is 1. The molecule has 4 heterocycles. The van der Waals surface area contributed by atoms with Crippen molar-refractivity contribution in [3.63, 3.8) is 0 Å². The van der Waals surface area contributed by atoms with E-state index in [9.17, 15) is 4.79 Å². The molecular weight excluding hydrogens is 412 g/mol. The number of fused-ring (bicyclic) bond motifs is 1. The molecule has 0 spiro atoms. The minimum atomic E-state index is -0.528. The number of nitrogens with zero attached hydrogens (tertiary/aromatic N) is 4. The van der Waals surface area contributed by atoms with E-state index in [0.29, 0.717) is 52.2 Å². The van der Waals surface area contributed by atoms with Gasteiger partial charge >= 0.3 is 0 Å². The van der Waals surface area contributed by atoms with Gasteiger partial charge in [-0.2, -0.15) is 0 Å². The number of nitrogens with two attached hydrogens (primary N) is 1. The van der Waals surface area contributed by atoms with Gasteiger partial charge in [-0.3, -0.25) is 9.78 Å². The van der Waals surface area contributed by atoms with Gasteiger partial charge in [0.15, 0.2) is 0 Å². The summed E-state index contributed by atoms with van der Waals surface area (Å²) in [6, 6.07) is 3.98. The number of hydrogen-bond acceptors (Lipinski definition) is 8. The summed E-state index contributed by atoms with van der Waals surface area (Å²) >= 11 is 1.53. The highest BCUT2D eigenvalue weighted by atomic mass is 32.1. The topological polar surface area (TPSA) is 120 Å². The summed E-state index contributed by atoms with van der Waals surface area (Å²) < 4.78 is 6.74. The van der Waals surface area contributed by atoms with Crippen molar-refractivity contribution < 1.29 is 9.21 Å². The zero-order valence-electron chi connectivity index (χ0n) is 18.1. The van der Waals surface area contributed by atoms with Gasteiger partial charge in [0.25, 0.3) is 5.91 Å². The Labute approximate surface area is 183 Å². The van der Waals surface area contributed by atoms with Crippen LogP contribution in [0.3, 0.4) is 0 Å². The van der Waals surface area contributed by atoms with E-state index in [2.05, 4.69) is 34.3 Å². The van der Waals surface area contributed by atoms with Gasteiger partial charge in [0.1, 0.15) is 5.82 Å². The fourth-order valence-electron chi connectivity index (χ4n) is 3.74. The van der Waals surface area contributed by atoms with Crippen molar-refractivity contribution in [2.75, 3.05) is 12.4 Å². The second-order valence-electron chi connectivity index (χ2n) is 7.80. The second kappa shape index (κ2) is 8.07. The van der Waals surface area contributed by atoms with Crippen molar-refractivity contribution in [1.82, 2.24) is 20.2 Å². The lowest BCUT2D eigenvalue weighted by molar-refractivity contribution is 0.0999. The second-order valence-corrected chi connectivity index (χ2v) is 8.85. The molecule has 0 fully saturated rings. The molecule has 8 nitrogen and oxygen atoms in total. The third-order valence-corrected chi connectivity index (χ3v) is 6.13.